The molecule has 2 fully saturated rings. The molecular weight excluding hydrogens is 404 g/mol. The molecule has 1 unspecified atom stereocenters. The molecule has 4 atom stereocenters. The molecule has 168 valence electrons. The first-order valence-corrected chi connectivity index (χ1v) is 11.2. The van der Waals surface area contributed by atoms with Gasteiger partial charge in [-0.15, -0.1) is 0 Å². The first-order valence-electron chi connectivity index (χ1n) is 11.2. The van der Waals surface area contributed by atoms with Crippen LogP contribution in [0.2, 0.25) is 0 Å². The molecule has 7 nitrogen and oxygen atoms in total. The van der Waals surface area contributed by atoms with Gasteiger partial charge in [0, 0.05) is 6.04 Å². The van der Waals surface area contributed by atoms with Crippen molar-refractivity contribution >= 4 is 17.7 Å². The minimum Gasteiger partial charge on any atom is -0.343 e. The van der Waals surface area contributed by atoms with E-state index in [1.54, 1.807) is 11.8 Å². The highest BCUT2D eigenvalue weighted by atomic mass is 16.2. The summed E-state index contributed by atoms with van der Waals surface area (Å²) < 4.78 is 0. The molecule has 0 aliphatic carbocycles. The topological polar surface area (TPSA) is 105 Å². The fourth-order valence-corrected chi connectivity index (χ4v) is 4.75. The molecule has 0 bridgehead atoms. The number of fused-ring (bicyclic) bond motifs is 1. The molecule has 0 aromatic heterocycles. The predicted molar refractivity (Wildman–Crippen MR) is 121 cm³/mol. The second-order valence-electron chi connectivity index (χ2n) is 8.68. The molecule has 3 amide bonds. The lowest BCUT2D eigenvalue weighted by molar-refractivity contribution is -0.146. The Morgan fingerprint density at radius 1 is 0.938 bits per heavy atom. The Labute approximate surface area is 188 Å². The predicted octanol–water partition coefficient (Wildman–Crippen LogP) is 1.88. The Balaban J connectivity index is 1.53. The van der Waals surface area contributed by atoms with Gasteiger partial charge in [-0.2, -0.15) is 0 Å². The smallest absolute Gasteiger partial charge is 0.246 e. The number of benzene rings is 2. The number of carbonyl (C=O) groups is 3. The van der Waals surface area contributed by atoms with E-state index >= 15 is 0 Å². The van der Waals surface area contributed by atoms with Crippen LogP contribution >= 0.6 is 0 Å². The highest BCUT2D eigenvalue weighted by Crippen LogP contribution is 2.33. The van der Waals surface area contributed by atoms with Gasteiger partial charge in [0.2, 0.25) is 17.7 Å². The van der Waals surface area contributed by atoms with Crippen LogP contribution in [0.15, 0.2) is 60.7 Å². The van der Waals surface area contributed by atoms with Gasteiger partial charge in [0.15, 0.2) is 0 Å². The van der Waals surface area contributed by atoms with E-state index in [4.69, 9.17) is 5.73 Å². The summed E-state index contributed by atoms with van der Waals surface area (Å²) in [6.45, 7) is 1.59. The van der Waals surface area contributed by atoms with Crippen LogP contribution in [0.4, 0.5) is 0 Å². The SMILES string of the molecule is C[C@H](N)C(=O)NC1CC[C@H]2CC[C@@H](C(=O)NC(c3ccccc3)c3ccccc3)N2C1=O. The highest BCUT2D eigenvalue weighted by molar-refractivity contribution is 5.94. The zero-order valence-electron chi connectivity index (χ0n) is 18.2. The minimum atomic E-state index is -0.685. The van der Waals surface area contributed by atoms with Crippen molar-refractivity contribution in [2.45, 2.75) is 62.8 Å². The summed E-state index contributed by atoms with van der Waals surface area (Å²) in [7, 11) is 0. The van der Waals surface area contributed by atoms with Crippen molar-refractivity contribution in [1.82, 2.24) is 15.5 Å². The number of rotatable bonds is 6. The summed E-state index contributed by atoms with van der Waals surface area (Å²) in [6.07, 6.45) is 2.75. The molecule has 2 aliphatic rings. The summed E-state index contributed by atoms with van der Waals surface area (Å²) in [5, 5.41) is 5.92. The fraction of sp³-hybridized carbons (Fsp3) is 0.400. The average Bonchev–Trinajstić information content (AvgIpc) is 3.25. The Morgan fingerprint density at radius 3 is 2.06 bits per heavy atom. The van der Waals surface area contributed by atoms with E-state index in [0.29, 0.717) is 12.8 Å². The minimum absolute atomic E-state index is 0.0357. The Hall–Kier alpha value is -3.19. The molecule has 4 rings (SSSR count). The van der Waals surface area contributed by atoms with Crippen LogP contribution in [-0.4, -0.2) is 46.8 Å². The lowest BCUT2D eigenvalue weighted by Crippen LogP contribution is -2.60. The van der Waals surface area contributed by atoms with Crippen LogP contribution in [-0.2, 0) is 14.4 Å². The summed E-state index contributed by atoms with van der Waals surface area (Å²) in [4.78, 5) is 40.4. The number of nitrogens with one attached hydrogen (secondary N) is 2. The van der Waals surface area contributed by atoms with Crippen LogP contribution in [0, 0.1) is 0 Å². The molecule has 0 spiro atoms. The maximum Gasteiger partial charge on any atom is 0.246 e. The monoisotopic (exact) mass is 434 g/mol. The summed E-state index contributed by atoms with van der Waals surface area (Å²) in [5.41, 5.74) is 7.61. The number of carbonyl (C=O) groups excluding carboxylic acids is 3. The first kappa shape index (κ1) is 22.0. The largest absolute Gasteiger partial charge is 0.343 e. The van der Waals surface area contributed by atoms with Crippen molar-refractivity contribution in [3.63, 3.8) is 0 Å². The quantitative estimate of drug-likeness (QED) is 0.646. The Morgan fingerprint density at radius 2 is 1.50 bits per heavy atom. The normalized spacial score (nSPS) is 23.5. The summed E-state index contributed by atoms with van der Waals surface area (Å²) in [6, 6.07) is 17.5. The van der Waals surface area contributed by atoms with E-state index in [-0.39, 0.29) is 29.8 Å². The summed E-state index contributed by atoms with van der Waals surface area (Å²) in [5.74, 6) is -0.711. The van der Waals surface area contributed by atoms with Crippen molar-refractivity contribution < 1.29 is 14.4 Å². The van der Waals surface area contributed by atoms with E-state index in [1.807, 2.05) is 60.7 Å². The second-order valence-corrected chi connectivity index (χ2v) is 8.68. The van der Waals surface area contributed by atoms with E-state index < -0.39 is 18.1 Å². The van der Waals surface area contributed by atoms with Gasteiger partial charge < -0.3 is 21.3 Å². The second kappa shape index (κ2) is 9.53. The van der Waals surface area contributed by atoms with Gasteiger partial charge in [-0.05, 0) is 43.7 Å². The Kier molecular flexibility index (Phi) is 6.55. The summed E-state index contributed by atoms with van der Waals surface area (Å²) >= 11 is 0. The number of nitrogens with two attached hydrogens (primary N) is 1. The van der Waals surface area contributed by atoms with Gasteiger partial charge in [-0.3, -0.25) is 14.4 Å². The molecule has 2 aromatic rings. The molecule has 2 aliphatic heterocycles. The fourth-order valence-electron chi connectivity index (χ4n) is 4.75. The molecule has 0 saturated carbocycles. The molecule has 7 heteroatoms. The average molecular weight is 435 g/mol. The number of amides is 3. The number of hydrogen-bond donors (Lipinski definition) is 3. The lowest BCUT2D eigenvalue weighted by atomic mass is 9.97. The van der Waals surface area contributed by atoms with Crippen LogP contribution in [0.25, 0.3) is 0 Å². The third-order valence-electron chi connectivity index (χ3n) is 6.43. The van der Waals surface area contributed by atoms with Crippen molar-refractivity contribution in [2.75, 3.05) is 0 Å². The third kappa shape index (κ3) is 4.53. The lowest BCUT2D eigenvalue weighted by Gasteiger charge is -2.38. The van der Waals surface area contributed by atoms with Gasteiger partial charge in [-0.25, -0.2) is 0 Å². The number of piperidine rings is 1. The first-order chi connectivity index (χ1) is 15.5. The van der Waals surface area contributed by atoms with Crippen molar-refractivity contribution in [3.05, 3.63) is 71.8 Å². The number of nitrogens with zero attached hydrogens (tertiary/aromatic N) is 1. The maximum atomic E-state index is 13.4. The van der Waals surface area contributed by atoms with E-state index in [9.17, 15) is 14.4 Å². The van der Waals surface area contributed by atoms with Crippen molar-refractivity contribution in [3.8, 4) is 0 Å². The van der Waals surface area contributed by atoms with Gasteiger partial charge in [0.05, 0.1) is 12.1 Å². The van der Waals surface area contributed by atoms with E-state index in [0.717, 1.165) is 24.0 Å². The highest BCUT2D eigenvalue weighted by Gasteiger charge is 2.46. The van der Waals surface area contributed by atoms with E-state index in [1.165, 1.54) is 0 Å². The van der Waals surface area contributed by atoms with Gasteiger partial charge in [0.1, 0.15) is 12.1 Å². The molecule has 2 heterocycles. The molecule has 2 aromatic carbocycles. The van der Waals surface area contributed by atoms with Gasteiger partial charge >= 0.3 is 0 Å². The van der Waals surface area contributed by atoms with Gasteiger partial charge in [-0.1, -0.05) is 60.7 Å². The van der Waals surface area contributed by atoms with Crippen LogP contribution in [0.5, 0.6) is 0 Å². The van der Waals surface area contributed by atoms with Crippen LogP contribution in [0.3, 0.4) is 0 Å². The van der Waals surface area contributed by atoms with Crippen molar-refractivity contribution in [1.29, 1.82) is 0 Å². The third-order valence-corrected chi connectivity index (χ3v) is 6.43. The zero-order chi connectivity index (χ0) is 22.7. The molecule has 2 saturated heterocycles. The van der Waals surface area contributed by atoms with E-state index in [2.05, 4.69) is 10.6 Å². The van der Waals surface area contributed by atoms with Crippen LogP contribution < -0.4 is 16.4 Å². The van der Waals surface area contributed by atoms with Crippen molar-refractivity contribution in [2.24, 2.45) is 5.73 Å². The standard InChI is InChI=1S/C25H30N4O3/c1-16(26)23(30)27-20-14-12-19-13-15-21(29(19)25(20)32)24(31)28-22(17-8-4-2-5-9-17)18-10-6-3-7-11-18/h2-11,16,19-22H,12-15,26H2,1H3,(H,27,30)(H,28,31)/t16-,19-,20?,21-/m0/s1. The Bertz CT molecular complexity index is 924. The van der Waals surface area contributed by atoms with Crippen LogP contribution in [0.1, 0.15) is 49.8 Å². The van der Waals surface area contributed by atoms with Gasteiger partial charge in [0.25, 0.3) is 0 Å². The number of hydrogen-bond acceptors (Lipinski definition) is 4. The molecule has 32 heavy (non-hydrogen) atoms. The zero-order valence-corrected chi connectivity index (χ0v) is 18.2. The molecule has 4 N–H and O–H groups in total. The maximum absolute atomic E-state index is 13.4. The molecular formula is C25H30N4O3. The molecule has 0 radical (unpaired) electrons.